The summed E-state index contributed by atoms with van der Waals surface area (Å²) >= 11 is 0. The van der Waals surface area contributed by atoms with Crippen molar-refractivity contribution in [2.75, 3.05) is 34.4 Å². The van der Waals surface area contributed by atoms with Gasteiger partial charge in [-0.15, -0.1) is 0 Å². The zero-order valence-electron chi connectivity index (χ0n) is 17.6. The van der Waals surface area contributed by atoms with Crippen molar-refractivity contribution in [3.63, 3.8) is 0 Å². The van der Waals surface area contributed by atoms with E-state index < -0.39 is 0 Å². The van der Waals surface area contributed by atoms with E-state index in [1.165, 1.54) is 5.56 Å². The Morgan fingerprint density at radius 1 is 1.10 bits per heavy atom. The highest BCUT2D eigenvalue weighted by atomic mass is 16.5. The van der Waals surface area contributed by atoms with E-state index in [2.05, 4.69) is 22.3 Å². The van der Waals surface area contributed by atoms with E-state index in [4.69, 9.17) is 14.2 Å². The molecule has 2 atom stereocenters. The predicted octanol–water partition coefficient (Wildman–Crippen LogP) is 3.73. The third-order valence-electron chi connectivity index (χ3n) is 5.47. The Kier molecular flexibility index (Phi) is 6.99. The monoisotopic (exact) mass is 398 g/mol. The van der Waals surface area contributed by atoms with Crippen LogP contribution in [0.3, 0.4) is 0 Å². The number of ether oxygens (including phenoxy) is 3. The second-order valence-corrected chi connectivity index (χ2v) is 7.30. The molecule has 1 amide bonds. The number of carbonyl (C=O) groups excluding carboxylic acids is 1. The zero-order valence-corrected chi connectivity index (χ0v) is 17.6. The van der Waals surface area contributed by atoms with Crippen LogP contribution in [-0.4, -0.2) is 45.2 Å². The average molecular weight is 399 g/mol. The molecule has 1 N–H and O–H groups in total. The maximum Gasteiger partial charge on any atom is 0.234 e. The number of rotatable bonds is 8. The van der Waals surface area contributed by atoms with Crippen LogP contribution in [0.1, 0.15) is 43.0 Å². The van der Waals surface area contributed by atoms with Crippen LogP contribution in [-0.2, 0) is 4.79 Å². The highest BCUT2D eigenvalue weighted by Crippen LogP contribution is 2.33. The van der Waals surface area contributed by atoms with Gasteiger partial charge in [-0.05, 0) is 62.2 Å². The van der Waals surface area contributed by atoms with E-state index in [0.717, 1.165) is 42.2 Å². The molecule has 0 aromatic heterocycles. The minimum absolute atomic E-state index is 0.00262. The third-order valence-corrected chi connectivity index (χ3v) is 5.47. The molecule has 1 fully saturated rings. The molecule has 6 heteroatoms. The summed E-state index contributed by atoms with van der Waals surface area (Å²) in [7, 11) is 4.93. The molecule has 0 aliphatic carbocycles. The highest BCUT2D eigenvalue weighted by molar-refractivity contribution is 5.78. The quantitative estimate of drug-likeness (QED) is 0.734. The van der Waals surface area contributed by atoms with Gasteiger partial charge in [-0.1, -0.05) is 12.1 Å². The van der Waals surface area contributed by atoms with Crippen LogP contribution >= 0.6 is 0 Å². The highest BCUT2D eigenvalue weighted by Gasteiger charge is 2.28. The first kappa shape index (κ1) is 21.0. The van der Waals surface area contributed by atoms with Crippen LogP contribution in [0.25, 0.3) is 0 Å². The predicted molar refractivity (Wildman–Crippen MR) is 113 cm³/mol. The lowest BCUT2D eigenvalue weighted by atomic mass is 10.0. The maximum absolute atomic E-state index is 12.8. The first-order valence-corrected chi connectivity index (χ1v) is 9.95. The van der Waals surface area contributed by atoms with Gasteiger partial charge >= 0.3 is 0 Å². The number of nitrogens with one attached hydrogen (secondary N) is 1. The molecule has 2 aromatic carbocycles. The molecule has 0 saturated carbocycles. The van der Waals surface area contributed by atoms with Crippen LogP contribution in [0.5, 0.6) is 17.2 Å². The number of carbonyl (C=O) groups is 1. The van der Waals surface area contributed by atoms with Crippen molar-refractivity contribution in [3.8, 4) is 17.2 Å². The van der Waals surface area contributed by atoms with E-state index in [-0.39, 0.29) is 18.0 Å². The molecule has 0 spiro atoms. The van der Waals surface area contributed by atoms with Crippen molar-refractivity contribution in [2.24, 2.45) is 0 Å². The molecular weight excluding hydrogens is 368 g/mol. The summed E-state index contributed by atoms with van der Waals surface area (Å²) in [5, 5.41) is 3.10. The first-order chi connectivity index (χ1) is 14.0. The fourth-order valence-corrected chi connectivity index (χ4v) is 3.97. The Hall–Kier alpha value is -2.73. The van der Waals surface area contributed by atoms with Gasteiger partial charge in [-0.25, -0.2) is 0 Å². The molecule has 156 valence electrons. The van der Waals surface area contributed by atoms with E-state index in [1.807, 2.05) is 37.3 Å². The SMILES string of the molecule is COc1cccc(C2CCCN2CC(=O)NC(C)c2cc(OC)ccc2OC)c1. The lowest BCUT2D eigenvalue weighted by molar-refractivity contribution is -0.123. The van der Waals surface area contributed by atoms with Crippen LogP contribution < -0.4 is 19.5 Å². The van der Waals surface area contributed by atoms with E-state index in [1.54, 1.807) is 21.3 Å². The van der Waals surface area contributed by atoms with Crippen molar-refractivity contribution in [1.82, 2.24) is 10.2 Å². The first-order valence-electron chi connectivity index (χ1n) is 9.95. The minimum atomic E-state index is -0.189. The van der Waals surface area contributed by atoms with Gasteiger partial charge in [0.05, 0.1) is 33.9 Å². The Balaban J connectivity index is 1.67. The number of hydrogen-bond donors (Lipinski definition) is 1. The van der Waals surface area contributed by atoms with Crippen molar-refractivity contribution in [3.05, 3.63) is 53.6 Å². The van der Waals surface area contributed by atoms with Gasteiger partial charge in [-0.2, -0.15) is 0 Å². The van der Waals surface area contributed by atoms with Gasteiger partial charge in [0, 0.05) is 11.6 Å². The standard InChI is InChI=1S/C23H30N2O4/c1-16(20-14-19(28-3)10-11-22(20)29-4)24-23(26)15-25-12-6-9-21(25)17-7-5-8-18(13-17)27-2/h5,7-8,10-11,13-14,16,21H,6,9,12,15H2,1-4H3,(H,24,26). The fraction of sp³-hybridized carbons (Fsp3) is 0.435. The van der Waals surface area contributed by atoms with E-state index in [9.17, 15) is 4.79 Å². The Morgan fingerprint density at radius 3 is 2.59 bits per heavy atom. The van der Waals surface area contributed by atoms with Gasteiger partial charge in [0.1, 0.15) is 17.2 Å². The van der Waals surface area contributed by atoms with Crippen LogP contribution in [0, 0.1) is 0 Å². The summed E-state index contributed by atoms with van der Waals surface area (Å²) in [5.41, 5.74) is 2.09. The molecule has 29 heavy (non-hydrogen) atoms. The second kappa shape index (κ2) is 9.65. The summed E-state index contributed by atoms with van der Waals surface area (Å²) in [6, 6.07) is 13.8. The molecule has 1 heterocycles. The summed E-state index contributed by atoms with van der Waals surface area (Å²) in [5.74, 6) is 2.31. The molecule has 1 aliphatic rings. The lowest BCUT2D eigenvalue weighted by Gasteiger charge is -2.26. The fourth-order valence-electron chi connectivity index (χ4n) is 3.97. The minimum Gasteiger partial charge on any atom is -0.497 e. The third kappa shape index (κ3) is 5.01. The Labute approximate surface area is 172 Å². The normalized spacial score (nSPS) is 17.6. The molecule has 2 aromatic rings. The summed E-state index contributed by atoms with van der Waals surface area (Å²) in [4.78, 5) is 15.0. The average Bonchev–Trinajstić information content (AvgIpc) is 3.21. The largest absolute Gasteiger partial charge is 0.497 e. The number of nitrogens with zero attached hydrogens (tertiary/aromatic N) is 1. The summed E-state index contributed by atoms with van der Waals surface area (Å²) in [6.07, 6.45) is 2.12. The van der Waals surface area contributed by atoms with Crippen LogP contribution in [0.2, 0.25) is 0 Å². The second-order valence-electron chi connectivity index (χ2n) is 7.30. The molecule has 2 unspecified atom stereocenters. The Bertz CT molecular complexity index is 839. The van der Waals surface area contributed by atoms with Gasteiger partial charge < -0.3 is 19.5 Å². The number of methoxy groups -OCH3 is 3. The van der Waals surface area contributed by atoms with E-state index >= 15 is 0 Å². The van der Waals surface area contributed by atoms with Crippen molar-refractivity contribution >= 4 is 5.91 Å². The lowest BCUT2D eigenvalue weighted by Crippen LogP contribution is -2.38. The van der Waals surface area contributed by atoms with E-state index in [0.29, 0.717) is 6.54 Å². The smallest absolute Gasteiger partial charge is 0.234 e. The van der Waals surface area contributed by atoms with Crippen molar-refractivity contribution in [1.29, 1.82) is 0 Å². The van der Waals surface area contributed by atoms with Gasteiger partial charge in [0.25, 0.3) is 0 Å². The zero-order chi connectivity index (χ0) is 20.8. The molecule has 6 nitrogen and oxygen atoms in total. The van der Waals surface area contributed by atoms with Gasteiger partial charge in [0.15, 0.2) is 0 Å². The maximum atomic E-state index is 12.8. The number of hydrogen-bond acceptors (Lipinski definition) is 5. The van der Waals surface area contributed by atoms with Crippen molar-refractivity contribution in [2.45, 2.75) is 31.8 Å². The van der Waals surface area contributed by atoms with Gasteiger partial charge in [0.2, 0.25) is 5.91 Å². The Morgan fingerprint density at radius 2 is 1.86 bits per heavy atom. The van der Waals surface area contributed by atoms with Crippen LogP contribution in [0.15, 0.2) is 42.5 Å². The summed E-state index contributed by atoms with van der Waals surface area (Å²) in [6.45, 7) is 3.23. The number of amides is 1. The molecule has 0 radical (unpaired) electrons. The van der Waals surface area contributed by atoms with Crippen LogP contribution in [0.4, 0.5) is 0 Å². The molecular formula is C23H30N2O4. The topological polar surface area (TPSA) is 60.0 Å². The molecule has 0 bridgehead atoms. The molecule has 3 rings (SSSR count). The number of likely N-dealkylation sites (tertiary alicyclic amines) is 1. The number of benzene rings is 2. The van der Waals surface area contributed by atoms with Crippen molar-refractivity contribution < 1.29 is 19.0 Å². The molecule has 1 saturated heterocycles. The molecule has 1 aliphatic heterocycles. The van der Waals surface area contributed by atoms with Gasteiger partial charge in [-0.3, -0.25) is 9.69 Å². The summed E-state index contributed by atoms with van der Waals surface area (Å²) < 4.78 is 16.1.